The summed E-state index contributed by atoms with van der Waals surface area (Å²) in [5.74, 6) is 0.331. The normalized spacial score (nSPS) is 41.1. The first-order valence-electron chi connectivity index (χ1n) is 6.66. The minimum Gasteiger partial charge on any atom is -0.379 e. The molecule has 3 rings (SSSR count). The fourth-order valence-corrected chi connectivity index (χ4v) is 3.12. The van der Waals surface area contributed by atoms with Crippen molar-refractivity contribution >= 4 is 11.8 Å². The Morgan fingerprint density at radius 3 is 2.61 bits per heavy atom. The van der Waals surface area contributed by atoms with E-state index in [0.717, 1.165) is 19.3 Å². The highest BCUT2D eigenvalue weighted by Gasteiger charge is 2.56. The third-order valence-corrected chi connectivity index (χ3v) is 4.63. The summed E-state index contributed by atoms with van der Waals surface area (Å²) in [5, 5.41) is 2.90. The van der Waals surface area contributed by atoms with Crippen molar-refractivity contribution in [3.05, 3.63) is 0 Å². The maximum Gasteiger partial charge on any atom is 0.249 e. The second kappa shape index (κ2) is 3.70. The van der Waals surface area contributed by atoms with Gasteiger partial charge in [0.05, 0.1) is 12.1 Å². The molecule has 0 spiro atoms. The van der Waals surface area contributed by atoms with Gasteiger partial charge < -0.3 is 15.0 Å². The van der Waals surface area contributed by atoms with Gasteiger partial charge in [-0.05, 0) is 39.0 Å². The summed E-state index contributed by atoms with van der Waals surface area (Å²) in [6, 6.07) is 0. The molecule has 0 aromatic heterocycles. The van der Waals surface area contributed by atoms with Gasteiger partial charge in [0.2, 0.25) is 11.8 Å². The molecule has 1 N–H and O–H groups in total. The number of nitrogens with zero attached hydrogens (tertiary/aromatic N) is 1. The van der Waals surface area contributed by atoms with E-state index in [0.29, 0.717) is 19.1 Å². The van der Waals surface area contributed by atoms with Crippen LogP contribution in [-0.2, 0) is 14.3 Å². The van der Waals surface area contributed by atoms with E-state index in [1.807, 2.05) is 13.8 Å². The minimum atomic E-state index is -0.694. The molecule has 2 saturated heterocycles. The number of carbonyl (C=O) groups is 2. The molecule has 2 unspecified atom stereocenters. The zero-order valence-corrected chi connectivity index (χ0v) is 11.0. The third kappa shape index (κ3) is 1.64. The van der Waals surface area contributed by atoms with Crippen LogP contribution in [0.5, 0.6) is 0 Å². The van der Waals surface area contributed by atoms with Gasteiger partial charge in [0.1, 0.15) is 12.1 Å². The van der Waals surface area contributed by atoms with Crippen molar-refractivity contribution in [2.45, 2.75) is 44.2 Å². The fourth-order valence-electron chi connectivity index (χ4n) is 3.12. The lowest BCUT2D eigenvalue weighted by atomic mass is 9.87. The van der Waals surface area contributed by atoms with E-state index in [9.17, 15) is 9.59 Å². The Hall–Kier alpha value is -1.10. The van der Waals surface area contributed by atoms with Crippen molar-refractivity contribution in [3.8, 4) is 0 Å². The maximum atomic E-state index is 12.7. The molecule has 2 amide bonds. The van der Waals surface area contributed by atoms with Crippen molar-refractivity contribution in [1.82, 2.24) is 10.2 Å². The highest BCUT2D eigenvalue weighted by atomic mass is 16.5. The van der Waals surface area contributed by atoms with Crippen LogP contribution in [0, 0.1) is 5.92 Å². The number of rotatable bonds is 2. The maximum absolute atomic E-state index is 12.7. The fraction of sp³-hybridized carbons (Fsp3) is 0.846. The van der Waals surface area contributed by atoms with Gasteiger partial charge in [-0.1, -0.05) is 0 Å². The van der Waals surface area contributed by atoms with E-state index >= 15 is 0 Å². The Balaban J connectivity index is 1.90. The lowest BCUT2D eigenvalue weighted by Crippen LogP contribution is -2.70. The molecule has 2 heterocycles. The molecule has 3 aliphatic rings. The van der Waals surface area contributed by atoms with E-state index in [-0.39, 0.29) is 23.9 Å². The number of hydrogen-bond acceptors (Lipinski definition) is 3. The summed E-state index contributed by atoms with van der Waals surface area (Å²) in [7, 11) is 0. The number of carbonyl (C=O) groups excluding carboxylic acids is 2. The van der Waals surface area contributed by atoms with E-state index in [2.05, 4.69) is 5.32 Å². The molecular weight excluding hydrogens is 232 g/mol. The summed E-state index contributed by atoms with van der Waals surface area (Å²) in [6.45, 7) is 5.26. The zero-order valence-electron chi connectivity index (χ0n) is 11.0. The topological polar surface area (TPSA) is 58.6 Å². The third-order valence-electron chi connectivity index (χ3n) is 4.63. The lowest BCUT2D eigenvalue weighted by Gasteiger charge is -2.46. The van der Waals surface area contributed by atoms with Crippen LogP contribution in [-0.4, -0.2) is 47.6 Å². The number of ether oxygens (including phenoxy) is 1. The smallest absolute Gasteiger partial charge is 0.249 e. The van der Waals surface area contributed by atoms with Crippen LogP contribution in [0.3, 0.4) is 0 Å². The van der Waals surface area contributed by atoms with Gasteiger partial charge >= 0.3 is 0 Å². The van der Waals surface area contributed by atoms with Crippen molar-refractivity contribution in [3.63, 3.8) is 0 Å². The Morgan fingerprint density at radius 2 is 2.06 bits per heavy atom. The summed E-state index contributed by atoms with van der Waals surface area (Å²) in [5.41, 5.74) is -1.01. The highest BCUT2D eigenvalue weighted by Crippen LogP contribution is 2.43. The molecule has 100 valence electrons. The van der Waals surface area contributed by atoms with Gasteiger partial charge in [-0.2, -0.15) is 0 Å². The molecule has 5 nitrogen and oxygen atoms in total. The number of nitrogens with one attached hydrogen (secondary N) is 1. The van der Waals surface area contributed by atoms with Gasteiger partial charge in [-0.25, -0.2) is 0 Å². The van der Waals surface area contributed by atoms with Crippen LogP contribution in [0.15, 0.2) is 0 Å². The molecule has 2 atom stereocenters. The SMILES string of the molecule is CC1(C2CC2)NC(=O)CN(C2(C)CCOC2)C1=O. The van der Waals surface area contributed by atoms with Crippen LogP contribution in [0.2, 0.25) is 0 Å². The summed E-state index contributed by atoms with van der Waals surface area (Å²) in [6.07, 6.45) is 2.87. The van der Waals surface area contributed by atoms with Gasteiger partial charge in [-0.3, -0.25) is 9.59 Å². The quantitative estimate of drug-likeness (QED) is 0.768. The highest BCUT2D eigenvalue weighted by molar-refractivity contribution is 5.98. The van der Waals surface area contributed by atoms with E-state index in [4.69, 9.17) is 4.74 Å². The molecule has 1 aliphatic carbocycles. The molecule has 0 aromatic carbocycles. The van der Waals surface area contributed by atoms with Gasteiger partial charge in [0.15, 0.2) is 0 Å². The van der Waals surface area contributed by atoms with Crippen LogP contribution in [0.1, 0.15) is 33.1 Å². The predicted octanol–water partition coefficient (Wildman–Crippen LogP) is 0.292. The Kier molecular flexibility index (Phi) is 2.46. The van der Waals surface area contributed by atoms with Gasteiger partial charge in [0, 0.05) is 6.61 Å². The number of piperazine rings is 1. The standard InChI is InChI=1S/C13H20N2O3/c1-12(5-6-18-8-12)15-7-10(16)14-13(2,11(15)17)9-3-4-9/h9H,3-8H2,1-2H3,(H,14,16). The summed E-state index contributed by atoms with van der Waals surface area (Å²) < 4.78 is 5.42. The molecule has 1 saturated carbocycles. The lowest BCUT2D eigenvalue weighted by molar-refractivity contribution is -0.156. The summed E-state index contributed by atoms with van der Waals surface area (Å²) in [4.78, 5) is 26.4. The first-order valence-corrected chi connectivity index (χ1v) is 6.66. The number of hydrogen-bond donors (Lipinski definition) is 1. The summed E-state index contributed by atoms with van der Waals surface area (Å²) >= 11 is 0. The van der Waals surface area contributed by atoms with E-state index < -0.39 is 5.54 Å². The molecule has 18 heavy (non-hydrogen) atoms. The van der Waals surface area contributed by atoms with Crippen molar-refractivity contribution < 1.29 is 14.3 Å². The molecule has 5 heteroatoms. The largest absolute Gasteiger partial charge is 0.379 e. The van der Waals surface area contributed by atoms with E-state index in [1.165, 1.54) is 0 Å². The first kappa shape index (κ1) is 12.0. The molecule has 3 fully saturated rings. The second-order valence-corrected chi connectivity index (χ2v) is 6.22. The first-order chi connectivity index (χ1) is 8.46. The average molecular weight is 252 g/mol. The van der Waals surface area contributed by atoms with Crippen molar-refractivity contribution in [2.75, 3.05) is 19.8 Å². The molecular formula is C13H20N2O3. The van der Waals surface area contributed by atoms with Crippen LogP contribution < -0.4 is 5.32 Å². The van der Waals surface area contributed by atoms with Gasteiger partial charge in [-0.15, -0.1) is 0 Å². The van der Waals surface area contributed by atoms with Crippen molar-refractivity contribution in [2.24, 2.45) is 5.92 Å². The Bertz CT molecular complexity index is 399. The monoisotopic (exact) mass is 252 g/mol. The van der Waals surface area contributed by atoms with E-state index in [1.54, 1.807) is 4.90 Å². The molecule has 0 aromatic rings. The molecule has 0 radical (unpaired) electrons. The zero-order chi connectivity index (χ0) is 13.0. The Morgan fingerprint density at radius 1 is 1.33 bits per heavy atom. The molecule has 2 aliphatic heterocycles. The minimum absolute atomic E-state index is 0.0443. The van der Waals surface area contributed by atoms with Crippen molar-refractivity contribution in [1.29, 1.82) is 0 Å². The van der Waals surface area contributed by atoms with Crippen LogP contribution >= 0.6 is 0 Å². The predicted molar refractivity (Wildman–Crippen MR) is 64.8 cm³/mol. The molecule has 0 bridgehead atoms. The second-order valence-electron chi connectivity index (χ2n) is 6.22. The average Bonchev–Trinajstić information content (AvgIpc) is 3.08. The Labute approximate surface area is 107 Å². The van der Waals surface area contributed by atoms with Gasteiger partial charge in [0.25, 0.3) is 0 Å². The number of amides is 2. The van der Waals surface area contributed by atoms with Crippen LogP contribution in [0.25, 0.3) is 0 Å². The van der Waals surface area contributed by atoms with Crippen LogP contribution in [0.4, 0.5) is 0 Å².